The monoisotopic (exact) mass is 594 g/mol. The first-order valence-electron chi connectivity index (χ1n) is 15.3. The van der Waals surface area contributed by atoms with Crippen molar-refractivity contribution < 1.29 is 29.2 Å². The first kappa shape index (κ1) is 31.2. The maximum Gasteiger partial charge on any atom is 0.131 e. The second kappa shape index (κ2) is 15.5. The lowest BCUT2D eigenvalue weighted by Crippen LogP contribution is -2.26. The number of aliphatic hydroxyl groups is 2. The molecule has 0 spiro atoms. The molecule has 44 heavy (non-hydrogen) atoms. The van der Waals surface area contributed by atoms with Crippen molar-refractivity contribution in [2.24, 2.45) is 0 Å². The van der Waals surface area contributed by atoms with Gasteiger partial charge in [0.2, 0.25) is 0 Å². The van der Waals surface area contributed by atoms with Crippen LogP contribution < -0.4 is 18.9 Å². The van der Waals surface area contributed by atoms with Gasteiger partial charge >= 0.3 is 0 Å². The smallest absolute Gasteiger partial charge is 0.131 e. The quantitative estimate of drug-likeness (QED) is 0.141. The molecule has 0 aliphatic heterocycles. The van der Waals surface area contributed by atoms with Crippen molar-refractivity contribution in [3.8, 4) is 23.0 Å². The topological polar surface area (TPSA) is 77.4 Å². The van der Waals surface area contributed by atoms with E-state index in [0.717, 1.165) is 52.7 Å². The summed E-state index contributed by atoms with van der Waals surface area (Å²) >= 11 is 0. The molecular formula is C38H42O6. The molecule has 0 aromatic heterocycles. The van der Waals surface area contributed by atoms with Crippen molar-refractivity contribution in [1.82, 2.24) is 0 Å². The molecule has 2 N–H and O–H groups in total. The third kappa shape index (κ3) is 8.43. The highest BCUT2D eigenvalue weighted by Gasteiger charge is 2.25. The summed E-state index contributed by atoms with van der Waals surface area (Å²) < 4.78 is 24.3. The Balaban J connectivity index is 1.37. The van der Waals surface area contributed by atoms with Crippen LogP contribution in [0, 0.1) is 0 Å². The van der Waals surface area contributed by atoms with Crippen LogP contribution in [-0.2, 0) is 12.8 Å². The Morgan fingerprint density at radius 2 is 1.14 bits per heavy atom. The van der Waals surface area contributed by atoms with Crippen molar-refractivity contribution in [2.45, 2.75) is 51.7 Å². The van der Waals surface area contributed by atoms with E-state index in [2.05, 4.69) is 26.0 Å². The molecule has 6 heteroatoms. The number of rotatable bonds is 15. The zero-order valence-corrected chi connectivity index (χ0v) is 25.6. The van der Waals surface area contributed by atoms with Crippen LogP contribution in [-0.4, -0.2) is 48.8 Å². The standard InChI is InChI=1S/C38H42O6/c1-27(2)12-11-13-28-20-21-35-36(22-28)38(44-26-30(40)24-42-32-16-7-4-8-17-32)34-19-10-9-18-33(34)37(35)43-25-29(39)23-41-31-14-5-3-6-15-31/h3-10,12,14-20,29-30,39-40H,11,13,21-26H2,1-2H3. The Morgan fingerprint density at radius 3 is 1.66 bits per heavy atom. The van der Waals surface area contributed by atoms with Crippen LogP contribution in [0.1, 0.15) is 37.8 Å². The summed E-state index contributed by atoms with van der Waals surface area (Å²) in [6, 6.07) is 26.9. The fraction of sp³-hybridized carbons (Fsp3) is 0.316. The van der Waals surface area contributed by atoms with Crippen LogP contribution in [0.3, 0.4) is 0 Å². The number of ether oxygens (including phenoxy) is 4. The van der Waals surface area contributed by atoms with Crippen LogP contribution in [0.15, 0.2) is 108 Å². The molecule has 2 unspecified atom stereocenters. The summed E-state index contributed by atoms with van der Waals surface area (Å²) in [6.45, 7) is 4.69. The lowest BCUT2D eigenvalue weighted by atomic mass is 9.85. The molecule has 1 aliphatic rings. The van der Waals surface area contributed by atoms with E-state index in [1.165, 1.54) is 11.1 Å². The van der Waals surface area contributed by atoms with Crippen LogP contribution >= 0.6 is 0 Å². The molecule has 0 saturated carbocycles. The summed E-state index contributed by atoms with van der Waals surface area (Å²) in [6.07, 6.45) is 6.34. The Labute approximate surface area is 260 Å². The molecular weight excluding hydrogens is 552 g/mol. The summed E-state index contributed by atoms with van der Waals surface area (Å²) in [5, 5.41) is 23.3. The SMILES string of the molecule is CC(C)=CCCC1=CCc2c(c(OCC(O)COc3ccccc3)c3ccccc3c2OCC(O)COc2ccccc2)C1. The van der Waals surface area contributed by atoms with E-state index in [1.807, 2.05) is 84.9 Å². The maximum absolute atomic E-state index is 10.8. The number of fused-ring (bicyclic) bond motifs is 2. The second-order valence-corrected chi connectivity index (χ2v) is 11.4. The van der Waals surface area contributed by atoms with Crippen molar-refractivity contribution in [3.63, 3.8) is 0 Å². The molecule has 6 nitrogen and oxygen atoms in total. The lowest BCUT2D eigenvalue weighted by Gasteiger charge is -2.27. The zero-order valence-electron chi connectivity index (χ0n) is 25.6. The molecule has 0 heterocycles. The molecule has 1 aliphatic carbocycles. The van der Waals surface area contributed by atoms with Crippen molar-refractivity contribution in [2.75, 3.05) is 26.4 Å². The van der Waals surface area contributed by atoms with Gasteiger partial charge in [-0.3, -0.25) is 0 Å². The van der Waals surface area contributed by atoms with Crippen molar-refractivity contribution >= 4 is 10.8 Å². The minimum atomic E-state index is -0.809. The van der Waals surface area contributed by atoms with Crippen molar-refractivity contribution in [3.05, 3.63) is 119 Å². The first-order chi connectivity index (χ1) is 21.5. The number of allylic oxidation sites excluding steroid dienone is 4. The summed E-state index contributed by atoms with van der Waals surface area (Å²) in [5.74, 6) is 2.94. The largest absolute Gasteiger partial charge is 0.491 e. The molecule has 0 radical (unpaired) electrons. The fourth-order valence-corrected chi connectivity index (χ4v) is 5.37. The van der Waals surface area contributed by atoms with Gasteiger partial charge in [0.25, 0.3) is 0 Å². The second-order valence-electron chi connectivity index (χ2n) is 11.4. The molecule has 5 rings (SSSR count). The van der Waals surface area contributed by atoms with Crippen molar-refractivity contribution in [1.29, 1.82) is 0 Å². The minimum Gasteiger partial charge on any atom is -0.491 e. The molecule has 2 atom stereocenters. The maximum atomic E-state index is 10.8. The van der Waals surface area contributed by atoms with Gasteiger partial charge in [0.15, 0.2) is 0 Å². The Kier molecular flexibility index (Phi) is 11.0. The van der Waals surface area contributed by atoms with E-state index in [9.17, 15) is 10.2 Å². The molecule has 230 valence electrons. The van der Waals surface area contributed by atoms with E-state index in [-0.39, 0.29) is 26.4 Å². The number of hydrogen-bond acceptors (Lipinski definition) is 6. The highest BCUT2D eigenvalue weighted by Crippen LogP contribution is 2.44. The molecule has 4 aromatic carbocycles. The predicted octanol–water partition coefficient (Wildman–Crippen LogP) is 7.25. The minimum absolute atomic E-state index is 0.0931. The fourth-order valence-electron chi connectivity index (χ4n) is 5.37. The normalized spacial score (nSPS) is 13.8. The third-order valence-electron chi connectivity index (χ3n) is 7.56. The number of aliphatic hydroxyl groups excluding tert-OH is 2. The molecule has 4 aromatic rings. The number of para-hydroxylation sites is 2. The molecule has 0 saturated heterocycles. The van der Waals surface area contributed by atoms with Crippen LogP contribution in [0.25, 0.3) is 10.8 Å². The Bertz CT molecular complexity index is 1560. The summed E-state index contributed by atoms with van der Waals surface area (Å²) in [7, 11) is 0. The Morgan fingerprint density at radius 1 is 0.659 bits per heavy atom. The predicted molar refractivity (Wildman–Crippen MR) is 175 cm³/mol. The average molecular weight is 595 g/mol. The highest BCUT2D eigenvalue weighted by molar-refractivity contribution is 5.96. The first-order valence-corrected chi connectivity index (χ1v) is 15.3. The molecule has 0 bridgehead atoms. The van der Waals surface area contributed by atoms with E-state index >= 15 is 0 Å². The summed E-state index contributed by atoms with van der Waals surface area (Å²) in [4.78, 5) is 0. The lowest BCUT2D eigenvalue weighted by molar-refractivity contribution is 0.0616. The average Bonchev–Trinajstić information content (AvgIpc) is 3.05. The van der Waals surface area contributed by atoms with Crippen LogP contribution in [0.4, 0.5) is 0 Å². The van der Waals surface area contributed by atoms with E-state index in [4.69, 9.17) is 18.9 Å². The summed E-state index contributed by atoms with van der Waals surface area (Å²) in [5.41, 5.74) is 4.79. The van der Waals surface area contributed by atoms with Gasteiger partial charge in [-0.15, -0.1) is 0 Å². The van der Waals surface area contributed by atoms with Gasteiger partial charge in [-0.1, -0.05) is 84.0 Å². The number of benzene rings is 4. The van der Waals surface area contributed by atoms with Crippen LogP contribution in [0.2, 0.25) is 0 Å². The Hall–Kier alpha value is -4.26. The highest BCUT2D eigenvalue weighted by atomic mass is 16.5. The molecule has 0 amide bonds. The third-order valence-corrected chi connectivity index (χ3v) is 7.56. The van der Waals surface area contributed by atoms with Crippen LogP contribution in [0.5, 0.6) is 23.0 Å². The van der Waals surface area contributed by atoms with Gasteiger partial charge in [-0.25, -0.2) is 0 Å². The van der Waals surface area contributed by atoms with E-state index < -0.39 is 12.2 Å². The van der Waals surface area contributed by atoms with Gasteiger partial charge in [-0.05, 0) is 63.8 Å². The van der Waals surface area contributed by atoms with Gasteiger partial charge in [-0.2, -0.15) is 0 Å². The number of hydrogen-bond donors (Lipinski definition) is 2. The van der Waals surface area contributed by atoms with Gasteiger partial charge in [0.1, 0.15) is 61.6 Å². The van der Waals surface area contributed by atoms with Gasteiger partial charge in [0.05, 0.1) is 0 Å². The van der Waals surface area contributed by atoms with E-state index in [1.54, 1.807) is 0 Å². The van der Waals surface area contributed by atoms with E-state index in [0.29, 0.717) is 17.9 Å². The zero-order chi connectivity index (χ0) is 30.7. The van der Waals surface area contributed by atoms with Gasteiger partial charge in [0, 0.05) is 21.9 Å². The molecule has 0 fully saturated rings. The van der Waals surface area contributed by atoms with Gasteiger partial charge < -0.3 is 29.2 Å².